The average molecular weight is 238 g/mol. The van der Waals surface area contributed by atoms with Gasteiger partial charge < -0.3 is 0 Å². The molecule has 1 aromatic rings. The van der Waals surface area contributed by atoms with E-state index in [0.717, 1.165) is 12.1 Å². The molecule has 84 valence electrons. The van der Waals surface area contributed by atoms with Crippen molar-refractivity contribution in [3.63, 3.8) is 0 Å². The summed E-state index contributed by atoms with van der Waals surface area (Å²) in [5, 5.41) is 0. The molecule has 0 spiro atoms. The SMILES string of the molecule is Fc1cc(CCCS)ccc1C(F)(F)F. The van der Waals surface area contributed by atoms with Crippen LogP contribution in [-0.4, -0.2) is 5.75 Å². The summed E-state index contributed by atoms with van der Waals surface area (Å²) in [5.74, 6) is -0.581. The molecular formula is C10H10F4S. The maximum Gasteiger partial charge on any atom is 0.419 e. The van der Waals surface area contributed by atoms with Gasteiger partial charge in [-0.2, -0.15) is 25.8 Å². The first-order valence-electron chi connectivity index (χ1n) is 4.41. The Morgan fingerprint density at radius 1 is 1.20 bits per heavy atom. The number of thiol groups is 1. The number of halogens is 4. The van der Waals surface area contributed by atoms with Gasteiger partial charge in [0, 0.05) is 0 Å². The van der Waals surface area contributed by atoms with Crippen molar-refractivity contribution in [2.45, 2.75) is 19.0 Å². The molecule has 0 heterocycles. The highest BCUT2D eigenvalue weighted by Gasteiger charge is 2.33. The normalized spacial score (nSPS) is 11.8. The molecule has 0 bridgehead atoms. The fourth-order valence-electron chi connectivity index (χ4n) is 1.23. The molecule has 5 heteroatoms. The monoisotopic (exact) mass is 238 g/mol. The maximum atomic E-state index is 13.0. The number of hydrogen-bond donors (Lipinski definition) is 1. The molecule has 0 atom stereocenters. The highest BCUT2D eigenvalue weighted by Crippen LogP contribution is 2.31. The number of hydrogen-bond acceptors (Lipinski definition) is 1. The predicted octanol–water partition coefficient (Wildman–Crippen LogP) is 3.71. The summed E-state index contributed by atoms with van der Waals surface area (Å²) in [6.45, 7) is 0. The molecule has 0 radical (unpaired) electrons. The van der Waals surface area contributed by atoms with Gasteiger partial charge in [0.25, 0.3) is 0 Å². The first-order valence-corrected chi connectivity index (χ1v) is 5.05. The van der Waals surface area contributed by atoms with Crippen molar-refractivity contribution in [2.75, 3.05) is 5.75 Å². The molecular weight excluding hydrogens is 228 g/mol. The first kappa shape index (κ1) is 12.4. The van der Waals surface area contributed by atoms with Crippen LogP contribution in [0.15, 0.2) is 18.2 Å². The van der Waals surface area contributed by atoms with Crippen LogP contribution in [0.5, 0.6) is 0 Å². The second kappa shape index (κ2) is 4.88. The summed E-state index contributed by atoms with van der Waals surface area (Å²) in [7, 11) is 0. The fourth-order valence-corrected chi connectivity index (χ4v) is 1.39. The van der Waals surface area contributed by atoms with Crippen molar-refractivity contribution in [1.29, 1.82) is 0 Å². The Balaban J connectivity index is 2.89. The van der Waals surface area contributed by atoms with Crippen LogP contribution in [0.3, 0.4) is 0 Å². The molecule has 1 aromatic carbocycles. The van der Waals surface area contributed by atoms with E-state index in [0.29, 0.717) is 24.2 Å². The quantitative estimate of drug-likeness (QED) is 0.602. The number of alkyl halides is 3. The van der Waals surface area contributed by atoms with Crippen LogP contribution in [0.4, 0.5) is 17.6 Å². The second-order valence-corrected chi connectivity index (χ2v) is 3.59. The van der Waals surface area contributed by atoms with Gasteiger partial charge in [-0.15, -0.1) is 0 Å². The Morgan fingerprint density at radius 3 is 2.33 bits per heavy atom. The molecule has 0 nitrogen and oxygen atoms in total. The summed E-state index contributed by atoms with van der Waals surface area (Å²) in [4.78, 5) is 0. The molecule has 0 aromatic heterocycles. The Bertz CT molecular complexity index is 333. The number of aryl methyl sites for hydroxylation is 1. The van der Waals surface area contributed by atoms with E-state index in [1.807, 2.05) is 0 Å². The molecule has 0 unspecified atom stereocenters. The lowest BCUT2D eigenvalue weighted by molar-refractivity contribution is -0.140. The van der Waals surface area contributed by atoms with Gasteiger partial charge in [-0.3, -0.25) is 0 Å². The highest BCUT2D eigenvalue weighted by atomic mass is 32.1. The third kappa shape index (κ3) is 3.41. The van der Waals surface area contributed by atoms with E-state index in [4.69, 9.17) is 0 Å². The van der Waals surface area contributed by atoms with Gasteiger partial charge in [-0.1, -0.05) is 6.07 Å². The molecule has 0 aliphatic carbocycles. The van der Waals surface area contributed by atoms with Gasteiger partial charge in [-0.05, 0) is 36.3 Å². The van der Waals surface area contributed by atoms with E-state index in [-0.39, 0.29) is 0 Å². The predicted molar refractivity (Wildman–Crippen MR) is 53.6 cm³/mol. The van der Waals surface area contributed by atoms with Gasteiger partial charge in [0.2, 0.25) is 0 Å². The van der Waals surface area contributed by atoms with E-state index < -0.39 is 17.6 Å². The van der Waals surface area contributed by atoms with Crippen LogP contribution in [0.1, 0.15) is 17.5 Å². The maximum absolute atomic E-state index is 13.0. The summed E-state index contributed by atoms with van der Waals surface area (Å²) >= 11 is 3.97. The fraction of sp³-hybridized carbons (Fsp3) is 0.400. The molecule has 0 aliphatic rings. The minimum absolute atomic E-state index is 0.540. The summed E-state index contributed by atoms with van der Waals surface area (Å²) in [5.41, 5.74) is -0.647. The molecule has 0 fully saturated rings. The van der Waals surface area contributed by atoms with Crippen LogP contribution >= 0.6 is 12.6 Å². The lowest BCUT2D eigenvalue weighted by Crippen LogP contribution is -2.08. The Morgan fingerprint density at radius 2 is 1.87 bits per heavy atom. The molecule has 0 saturated carbocycles. The van der Waals surface area contributed by atoms with Crippen molar-refractivity contribution in [2.24, 2.45) is 0 Å². The van der Waals surface area contributed by atoms with Crippen LogP contribution in [0, 0.1) is 5.82 Å². The summed E-state index contributed by atoms with van der Waals surface area (Å²) in [6, 6.07) is 3.02. The van der Waals surface area contributed by atoms with Crippen molar-refractivity contribution in [3.8, 4) is 0 Å². The second-order valence-electron chi connectivity index (χ2n) is 3.14. The Hall–Kier alpha value is -0.710. The zero-order valence-corrected chi connectivity index (χ0v) is 8.71. The van der Waals surface area contributed by atoms with Crippen LogP contribution < -0.4 is 0 Å². The minimum atomic E-state index is -4.62. The van der Waals surface area contributed by atoms with Gasteiger partial charge in [0.05, 0.1) is 5.56 Å². The van der Waals surface area contributed by atoms with E-state index in [1.54, 1.807) is 0 Å². The molecule has 1 rings (SSSR count). The zero-order chi connectivity index (χ0) is 11.5. The highest BCUT2D eigenvalue weighted by molar-refractivity contribution is 7.80. The van der Waals surface area contributed by atoms with Crippen molar-refractivity contribution in [3.05, 3.63) is 35.1 Å². The third-order valence-corrected chi connectivity index (χ3v) is 2.28. The van der Waals surface area contributed by atoms with Gasteiger partial charge in [-0.25, -0.2) is 4.39 Å². The van der Waals surface area contributed by atoms with Crippen LogP contribution in [0.25, 0.3) is 0 Å². The Kier molecular flexibility index (Phi) is 4.02. The van der Waals surface area contributed by atoms with Crippen molar-refractivity contribution >= 4 is 12.6 Å². The van der Waals surface area contributed by atoms with E-state index in [9.17, 15) is 17.6 Å². The summed E-state index contributed by atoms with van der Waals surface area (Å²) in [6.07, 6.45) is -3.36. The van der Waals surface area contributed by atoms with Crippen LogP contribution in [0.2, 0.25) is 0 Å². The van der Waals surface area contributed by atoms with Gasteiger partial charge >= 0.3 is 6.18 Å². The zero-order valence-electron chi connectivity index (χ0n) is 7.81. The molecule has 0 N–H and O–H groups in total. The molecule has 0 saturated heterocycles. The number of rotatable bonds is 3. The molecule has 0 amide bonds. The Labute approximate surface area is 90.7 Å². The number of benzene rings is 1. The van der Waals surface area contributed by atoms with E-state index in [1.165, 1.54) is 6.07 Å². The van der Waals surface area contributed by atoms with Crippen LogP contribution in [-0.2, 0) is 12.6 Å². The van der Waals surface area contributed by atoms with E-state index in [2.05, 4.69) is 12.6 Å². The van der Waals surface area contributed by atoms with Crippen molar-refractivity contribution in [1.82, 2.24) is 0 Å². The first-order chi connectivity index (χ1) is 6.95. The molecule has 15 heavy (non-hydrogen) atoms. The third-order valence-electron chi connectivity index (χ3n) is 1.96. The lowest BCUT2D eigenvalue weighted by Gasteiger charge is -2.09. The lowest BCUT2D eigenvalue weighted by atomic mass is 10.1. The molecule has 0 aliphatic heterocycles. The topological polar surface area (TPSA) is 0 Å². The van der Waals surface area contributed by atoms with Gasteiger partial charge in [0.1, 0.15) is 5.82 Å². The summed E-state index contributed by atoms with van der Waals surface area (Å²) < 4.78 is 49.6. The standard InChI is InChI=1S/C10H10F4S/c11-9-6-7(2-1-5-15)3-4-8(9)10(12,13)14/h3-4,6,15H,1-2,5H2. The van der Waals surface area contributed by atoms with Crippen molar-refractivity contribution < 1.29 is 17.6 Å². The smallest absolute Gasteiger partial charge is 0.206 e. The van der Waals surface area contributed by atoms with Gasteiger partial charge in [0.15, 0.2) is 0 Å². The van der Waals surface area contributed by atoms with E-state index >= 15 is 0 Å². The average Bonchev–Trinajstić information content (AvgIpc) is 2.12. The minimum Gasteiger partial charge on any atom is -0.206 e. The largest absolute Gasteiger partial charge is 0.419 e.